The molecule has 0 spiro atoms. The zero-order valence-corrected chi connectivity index (χ0v) is 6.98. The van der Waals surface area contributed by atoms with Crippen LogP contribution in [0.25, 0.3) is 10.4 Å². The number of aryl methyl sites for hydroxylation is 1. The van der Waals surface area contributed by atoms with Crippen LogP contribution in [-0.4, -0.2) is 10.2 Å². The minimum Gasteiger partial charge on any atom is -0.282 e. The van der Waals surface area contributed by atoms with Crippen LogP contribution in [0.15, 0.2) is 23.7 Å². The van der Waals surface area contributed by atoms with Crippen LogP contribution in [0.3, 0.4) is 0 Å². The molecule has 0 radical (unpaired) electrons. The number of aromatic nitrogens is 2. The Morgan fingerprint density at radius 3 is 3.00 bits per heavy atom. The number of nitrogens with zero attached hydrogens (tertiary/aromatic N) is 1. The van der Waals surface area contributed by atoms with Gasteiger partial charge in [0.1, 0.15) is 0 Å². The molecule has 2 aromatic heterocycles. The molecule has 56 valence electrons. The number of thiophene rings is 1. The lowest BCUT2D eigenvalue weighted by Gasteiger charge is -1.90. The van der Waals surface area contributed by atoms with Crippen molar-refractivity contribution in [1.29, 1.82) is 0 Å². The van der Waals surface area contributed by atoms with E-state index in [1.807, 2.05) is 19.2 Å². The lowest BCUT2D eigenvalue weighted by atomic mass is 10.2. The molecule has 11 heavy (non-hydrogen) atoms. The Morgan fingerprint density at radius 1 is 1.55 bits per heavy atom. The van der Waals surface area contributed by atoms with Gasteiger partial charge in [0.05, 0.1) is 6.20 Å². The van der Waals surface area contributed by atoms with Crippen molar-refractivity contribution in [3.8, 4) is 10.4 Å². The number of aromatic amines is 1. The van der Waals surface area contributed by atoms with Gasteiger partial charge in [0.15, 0.2) is 0 Å². The van der Waals surface area contributed by atoms with E-state index in [0.29, 0.717) is 0 Å². The van der Waals surface area contributed by atoms with Crippen LogP contribution in [0.5, 0.6) is 0 Å². The minimum absolute atomic E-state index is 1.13. The zero-order chi connectivity index (χ0) is 7.68. The zero-order valence-electron chi connectivity index (χ0n) is 6.16. The second kappa shape index (κ2) is 2.51. The van der Waals surface area contributed by atoms with E-state index in [0.717, 1.165) is 5.69 Å². The molecule has 1 N–H and O–H groups in total. The van der Waals surface area contributed by atoms with E-state index < -0.39 is 0 Å². The van der Waals surface area contributed by atoms with Gasteiger partial charge in [0.2, 0.25) is 0 Å². The normalized spacial score (nSPS) is 10.3. The summed E-state index contributed by atoms with van der Waals surface area (Å²) >= 11 is 1.73. The summed E-state index contributed by atoms with van der Waals surface area (Å²) in [7, 11) is 0. The first kappa shape index (κ1) is 6.61. The van der Waals surface area contributed by atoms with Crippen molar-refractivity contribution in [3.05, 3.63) is 29.4 Å². The Balaban J connectivity index is 2.53. The van der Waals surface area contributed by atoms with Gasteiger partial charge >= 0.3 is 0 Å². The number of H-pyrrole nitrogens is 1. The Hall–Kier alpha value is -1.09. The third-order valence-corrected chi connectivity index (χ3v) is 2.52. The second-order valence-electron chi connectivity index (χ2n) is 2.39. The first-order chi connectivity index (χ1) is 5.38. The highest BCUT2D eigenvalue weighted by Crippen LogP contribution is 2.25. The molecule has 2 nitrogen and oxygen atoms in total. The fraction of sp³-hybridized carbons (Fsp3) is 0.125. The van der Waals surface area contributed by atoms with Gasteiger partial charge in [-0.3, -0.25) is 5.10 Å². The Labute approximate surface area is 68.9 Å². The molecule has 0 bridgehead atoms. The van der Waals surface area contributed by atoms with Crippen molar-refractivity contribution in [2.24, 2.45) is 0 Å². The molecular formula is C8H8N2S. The predicted octanol–water partition coefficient (Wildman–Crippen LogP) is 2.45. The van der Waals surface area contributed by atoms with Gasteiger partial charge in [-0.2, -0.15) is 5.10 Å². The van der Waals surface area contributed by atoms with E-state index >= 15 is 0 Å². The highest BCUT2D eigenvalue weighted by Gasteiger charge is 2.02. The molecule has 0 aliphatic carbocycles. The molecule has 0 aromatic carbocycles. The van der Waals surface area contributed by atoms with Crippen LogP contribution in [0, 0.1) is 6.92 Å². The van der Waals surface area contributed by atoms with E-state index in [1.54, 1.807) is 11.3 Å². The highest BCUT2D eigenvalue weighted by molar-refractivity contribution is 7.13. The Kier molecular flexibility index (Phi) is 1.51. The summed E-state index contributed by atoms with van der Waals surface area (Å²) in [5.41, 5.74) is 2.34. The molecule has 2 aromatic rings. The maximum Gasteiger partial charge on any atom is 0.0576 e. The van der Waals surface area contributed by atoms with Gasteiger partial charge in [-0.1, -0.05) is 6.07 Å². The van der Waals surface area contributed by atoms with Crippen molar-refractivity contribution >= 4 is 11.3 Å². The molecule has 0 atom stereocenters. The van der Waals surface area contributed by atoms with Crippen LogP contribution in [0.2, 0.25) is 0 Å². The lowest BCUT2D eigenvalue weighted by molar-refractivity contribution is 1.05. The lowest BCUT2D eigenvalue weighted by Crippen LogP contribution is -1.72. The van der Waals surface area contributed by atoms with Gasteiger partial charge in [-0.25, -0.2) is 0 Å². The van der Waals surface area contributed by atoms with Crippen LogP contribution in [0.4, 0.5) is 0 Å². The van der Waals surface area contributed by atoms with Gasteiger partial charge in [0.25, 0.3) is 0 Å². The molecule has 0 saturated heterocycles. The minimum atomic E-state index is 1.13. The van der Waals surface area contributed by atoms with Crippen molar-refractivity contribution in [1.82, 2.24) is 10.2 Å². The van der Waals surface area contributed by atoms with Crippen LogP contribution < -0.4 is 0 Å². The molecule has 2 rings (SSSR count). The topological polar surface area (TPSA) is 28.7 Å². The Morgan fingerprint density at radius 2 is 2.45 bits per heavy atom. The van der Waals surface area contributed by atoms with Crippen LogP contribution >= 0.6 is 11.3 Å². The van der Waals surface area contributed by atoms with Crippen molar-refractivity contribution in [2.45, 2.75) is 6.92 Å². The monoisotopic (exact) mass is 164 g/mol. The molecule has 0 amide bonds. The summed E-state index contributed by atoms with van der Waals surface area (Å²) < 4.78 is 0. The third kappa shape index (κ3) is 1.07. The van der Waals surface area contributed by atoms with Crippen molar-refractivity contribution in [3.63, 3.8) is 0 Å². The average Bonchev–Trinajstić information content (AvgIpc) is 2.55. The molecule has 0 fully saturated rings. The number of rotatable bonds is 1. The SMILES string of the molecule is Cc1[nH]ncc1-c1cccs1. The summed E-state index contributed by atoms with van der Waals surface area (Å²) in [6.07, 6.45) is 1.86. The summed E-state index contributed by atoms with van der Waals surface area (Å²) in [6, 6.07) is 4.15. The standard InChI is InChI=1S/C8H8N2S/c1-6-7(5-9-10-6)8-3-2-4-11-8/h2-5H,1H3,(H,9,10). The quantitative estimate of drug-likeness (QED) is 0.689. The first-order valence-electron chi connectivity index (χ1n) is 3.42. The van der Waals surface area contributed by atoms with E-state index in [-0.39, 0.29) is 0 Å². The second-order valence-corrected chi connectivity index (χ2v) is 3.33. The van der Waals surface area contributed by atoms with Crippen LogP contribution in [0.1, 0.15) is 5.69 Å². The van der Waals surface area contributed by atoms with Crippen molar-refractivity contribution in [2.75, 3.05) is 0 Å². The predicted molar refractivity (Wildman–Crippen MR) is 46.6 cm³/mol. The smallest absolute Gasteiger partial charge is 0.0576 e. The largest absolute Gasteiger partial charge is 0.282 e. The summed E-state index contributed by atoms with van der Waals surface area (Å²) in [5, 5.41) is 8.94. The molecule has 2 heterocycles. The van der Waals surface area contributed by atoms with Gasteiger partial charge in [-0.15, -0.1) is 11.3 Å². The fourth-order valence-electron chi connectivity index (χ4n) is 1.03. The first-order valence-corrected chi connectivity index (χ1v) is 4.30. The maximum atomic E-state index is 3.96. The van der Waals surface area contributed by atoms with E-state index in [1.165, 1.54) is 10.4 Å². The number of hydrogen-bond donors (Lipinski definition) is 1. The summed E-state index contributed by atoms with van der Waals surface area (Å²) in [5.74, 6) is 0. The summed E-state index contributed by atoms with van der Waals surface area (Å²) in [6.45, 7) is 2.03. The number of hydrogen-bond acceptors (Lipinski definition) is 2. The van der Waals surface area contributed by atoms with E-state index in [9.17, 15) is 0 Å². The molecule has 0 aliphatic rings. The van der Waals surface area contributed by atoms with Crippen LogP contribution in [-0.2, 0) is 0 Å². The molecule has 0 saturated carbocycles. The molecule has 0 aliphatic heterocycles. The van der Waals surface area contributed by atoms with Gasteiger partial charge in [-0.05, 0) is 18.4 Å². The maximum absolute atomic E-state index is 3.96. The van der Waals surface area contributed by atoms with Gasteiger partial charge < -0.3 is 0 Å². The Bertz CT molecular complexity index is 335. The van der Waals surface area contributed by atoms with Crippen molar-refractivity contribution < 1.29 is 0 Å². The molecule has 0 unspecified atom stereocenters. The molecule has 3 heteroatoms. The summed E-state index contributed by atoms with van der Waals surface area (Å²) in [4.78, 5) is 1.27. The number of nitrogens with one attached hydrogen (secondary N) is 1. The highest BCUT2D eigenvalue weighted by atomic mass is 32.1. The molecular weight excluding hydrogens is 156 g/mol. The fourth-order valence-corrected chi connectivity index (χ4v) is 1.82. The van der Waals surface area contributed by atoms with E-state index in [4.69, 9.17) is 0 Å². The average molecular weight is 164 g/mol. The van der Waals surface area contributed by atoms with E-state index in [2.05, 4.69) is 21.6 Å². The van der Waals surface area contributed by atoms with Gasteiger partial charge in [0, 0.05) is 16.1 Å². The third-order valence-electron chi connectivity index (χ3n) is 1.62.